The van der Waals surface area contributed by atoms with Crippen molar-refractivity contribution < 1.29 is 4.79 Å². The van der Waals surface area contributed by atoms with Gasteiger partial charge in [-0.25, -0.2) is 19.7 Å². The van der Waals surface area contributed by atoms with Crippen LogP contribution in [0, 0.1) is 0 Å². The van der Waals surface area contributed by atoms with Crippen LogP contribution in [-0.2, 0) is 0 Å². The Labute approximate surface area is 132 Å². The molecular weight excluding hydrogens is 296 g/mol. The molecule has 2 amide bonds. The summed E-state index contributed by atoms with van der Waals surface area (Å²) in [5.74, 6) is 0.835. The number of rotatable bonds is 3. The molecular formula is C16H16N4OS. The highest BCUT2D eigenvalue weighted by Gasteiger charge is 2.21. The van der Waals surface area contributed by atoms with E-state index in [1.54, 1.807) is 12.3 Å². The lowest BCUT2D eigenvalue weighted by Gasteiger charge is -2.16. The fourth-order valence-electron chi connectivity index (χ4n) is 2.13. The Morgan fingerprint density at radius 1 is 1.23 bits per heavy atom. The third-order valence-electron chi connectivity index (χ3n) is 3.30. The van der Waals surface area contributed by atoms with Crippen LogP contribution >= 0.6 is 11.3 Å². The van der Waals surface area contributed by atoms with Gasteiger partial charge in [-0.2, -0.15) is 0 Å². The third-order valence-corrected chi connectivity index (χ3v) is 4.59. The van der Waals surface area contributed by atoms with Crippen LogP contribution in [-0.4, -0.2) is 16.0 Å². The first-order valence-corrected chi connectivity index (χ1v) is 7.79. The second-order valence-corrected chi connectivity index (χ2v) is 6.28. The largest absolute Gasteiger partial charge is 0.351 e. The lowest BCUT2D eigenvalue weighted by molar-refractivity contribution is 0.256. The molecule has 2 aromatic heterocycles. The number of carbonyl (C=O) groups excluding carboxylic acids is 1. The fraction of sp³-hybridized carbons (Fsp3) is 0.188. The van der Waals surface area contributed by atoms with E-state index in [4.69, 9.17) is 5.73 Å². The van der Waals surface area contributed by atoms with Gasteiger partial charge in [-0.05, 0) is 24.1 Å². The van der Waals surface area contributed by atoms with Gasteiger partial charge in [0, 0.05) is 16.5 Å². The molecule has 3 aromatic rings. The molecule has 0 radical (unpaired) electrons. The summed E-state index contributed by atoms with van der Waals surface area (Å²) in [6, 6.07) is 10.8. The van der Waals surface area contributed by atoms with Crippen LogP contribution in [0.2, 0.25) is 0 Å². The molecule has 0 unspecified atom stereocenters. The molecule has 1 aromatic carbocycles. The fourth-order valence-corrected chi connectivity index (χ4v) is 3.06. The van der Waals surface area contributed by atoms with Crippen LogP contribution in [0.4, 0.5) is 15.7 Å². The summed E-state index contributed by atoms with van der Waals surface area (Å²) in [4.78, 5) is 23.2. The first kappa shape index (κ1) is 14.5. The number of nitrogens with zero attached hydrogens (tertiary/aromatic N) is 3. The molecule has 2 heterocycles. The number of thiazole rings is 1. The van der Waals surface area contributed by atoms with Gasteiger partial charge in [0.1, 0.15) is 5.82 Å². The number of pyridine rings is 1. The quantitative estimate of drug-likeness (QED) is 0.793. The van der Waals surface area contributed by atoms with E-state index in [1.807, 2.05) is 30.3 Å². The normalized spacial score (nSPS) is 11.0. The standard InChI is InChI=1S/C16H16N4OS/c1-10(2)13-9-18-16(22-13)20(15(17)21)14-8-7-11-5-3-4-6-12(11)19-14/h3-10H,1-2H3,(H2,17,21). The Bertz CT molecular complexity index is 828. The van der Waals surface area contributed by atoms with Gasteiger partial charge in [0.25, 0.3) is 0 Å². The molecule has 0 fully saturated rings. The number of benzene rings is 1. The van der Waals surface area contributed by atoms with E-state index in [9.17, 15) is 4.79 Å². The van der Waals surface area contributed by atoms with Gasteiger partial charge in [-0.1, -0.05) is 32.0 Å². The van der Waals surface area contributed by atoms with Crippen LogP contribution < -0.4 is 10.6 Å². The van der Waals surface area contributed by atoms with Crippen molar-refractivity contribution in [3.05, 3.63) is 47.5 Å². The summed E-state index contributed by atoms with van der Waals surface area (Å²) in [6.45, 7) is 4.17. The lowest BCUT2D eigenvalue weighted by atomic mass is 10.2. The second-order valence-electron chi connectivity index (χ2n) is 5.24. The minimum absolute atomic E-state index is 0.352. The maximum atomic E-state index is 11.9. The second kappa shape index (κ2) is 5.73. The zero-order chi connectivity index (χ0) is 15.7. The van der Waals surface area contributed by atoms with Crippen molar-refractivity contribution in [2.75, 3.05) is 4.90 Å². The number of aromatic nitrogens is 2. The highest BCUT2D eigenvalue weighted by Crippen LogP contribution is 2.32. The molecule has 0 atom stereocenters. The Morgan fingerprint density at radius 3 is 2.68 bits per heavy atom. The predicted molar refractivity (Wildman–Crippen MR) is 89.7 cm³/mol. The number of hydrogen-bond donors (Lipinski definition) is 1. The van der Waals surface area contributed by atoms with E-state index in [-0.39, 0.29) is 0 Å². The molecule has 22 heavy (non-hydrogen) atoms. The monoisotopic (exact) mass is 312 g/mol. The van der Waals surface area contributed by atoms with E-state index in [0.717, 1.165) is 15.8 Å². The number of hydrogen-bond acceptors (Lipinski definition) is 4. The average Bonchev–Trinajstić information content (AvgIpc) is 2.96. The number of urea groups is 1. The SMILES string of the molecule is CC(C)c1cnc(N(C(N)=O)c2ccc3ccccc3n2)s1. The smallest absolute Gasteiger partial charge is 0.326 e. The van der Waals surface area contributed by atoms with Gasteiger partial charge < -0.3 is 5.73 Å². The summed E-state index contributed by atoms with van der Waals surface area (Å²) in [5.41, 5.74) is 6.36. The molecule has 0 saturated heterocycles. The molecule has 0 saturated carbocycles. The number of nitrogens with two attached hydrogens (primary N) is 1. The topological polar surface area (TPSA) is 72.1 Å². The number of amides is 2. The van der Waals surface area contributed by atoms with E-state index < -0.39 is 6.03 Å². The molecule has 0 aliphatic rings. The summed E-state index contributed by atoms with van der Waals surface area (Å²) in [7, 11) is 0. The van der Waals surface area contributed by atoms with Gasteiger partial charge in [-0.3, -0.25) is 0 Å². The molecule has 3 rings (SSSR count). The molecule has 6 heteroatoms. The van der Waals surface area contributed by atoms with Gasteiger partial charge in [0.2, 0.25) is 0 Å². The van der Waals surface area contributed by atoms with E-state index in [0.29, 0.717) is 16.9 Å². The Hall–Kier alpha value is -2.47. The third kappa shape index (κ3) is 2.65. The molecule has 0 aliphatic carbocycles. The minimum atomic E-state index is -0.590. The molecule has 2 N–H and O–H groups in total. The maximum absolute atomic E-state index is 11.9. The Kier molecular flexibility index (Phi) is 3.77. The van der Waals surface area contributed by atoms with Crippen molar-refractivity contribution in [3.8, 4) is 0 Å². The van der Waals surface area contributed by atoms with Crippen LogP contribution in [0.25, 0.3) is 10.9 Å². The van der Waals surface area contributed by atoms with Crippen LogP contribution in [0.3, 0.4) is 0 Å². The first-order chi connectivity index (χ1) is 10.6. The molecule has 112 valence electrons. The number of fused-ring (bicyclic) bond motifs is 1. The van der Waals surface area contributed by atoms with Crippen molar-refractivity contribution in [2.24, 2.45) is 5.73 Å². The molecule has 0 spiro atoms. The summed E-state index contributed by atoms with van der Waals surface area (Å²) < 4.78 is 0. The van der Waals surface area contributed by atoms with E-state index in [1.165, 1.54) is 16.2 Å². The number of anilines is 2. The van der Waals surface area contributed by atoms with Crippen molar-refractivity contribution in [3.63, 3.8) is 0 Å². The summed E-state index contributed by atoms with van der Waals surface area (Å²) in [6.07, 6.45) is 1.78. The van der Waals surface area contributed by atoms with Gasteiger partial charge in [-0.15, -0.1) is 11.3 Å². The van der Waals surface area contributed by atoms with Crippen molar-refractivity contribution in [1.82, 2.24) is 9.97 Å². The highest BCUT2D eigenvalue weighted by atomic mass is 32.1. The molecule has 5 nitrogen and oxygen atoms in total. The van der Waals surface area contributed by atoms with Gasteiger partial charge in [0.15, 0.2) is 5.13 Å². The number of primary amides is 1. The van der Waals surface area contributed by atoms with E-state index in [2.05, 4.69) is 23.8 Å². The molecule has 0 aliphatic heterocycles. The van der Waals surface area contributed by atoms with Crippen LogP contribution in [0.5, 0.6) is 0 Å². The summed E-state index contributed by atoms with van der Waals surface area (Å²) >= 11 is 1.45. The Morgan fingerprint density at radius 2 is 2.00 bits per heavy atom. The van der Waals surface area contributed by atoms with Gasteiger partial charge in [0.05, 0.1) is 5.52 Å². The zero-order valence-electron chi connectivity index (χ0n) is 12.4. The predicted octanol–water partition coefficient (Wildman–Crippen LogP) is 4.03. The highest BCUT2D eigenvalue weighted by molar-refractivity contribution is 7.15. The average molecular weight is 312 g/mol. The zero-order valence-corrected chi connectivity index (χ0v) is 13.2. The van der Waals surface area contributed by atoms with Crippen LogP contribution in [0.1, 0.15) is 24.6 Å². The lowest BCUT2D eigenvalue weighted by Crippen LogP contribution is -2.31. The number of carbonyl (C=O) groups is 1. The first-order valence-electron chi connectivity index (χ1n) is 6.97. The Balaban J connectivity index is 2.07. The molecule has 0 bridgehead atoms. The van der Waals surface area contributed by atoms with Crippen molar-refractivity contribution in [1.29, 1.82) is 0 Å². The maximum Gasteiger partial charge on any atom is 0.326 e. The minimum Gasteiger partial charge on any atom is -0.351 e. The van der Waals surface area contributed by atoms with Crippen molar-refractivity contribution >= 4 is 39.2 Å². The van der Waals surface area contributed by atoms with E-state index >= 15 is 0 Å². The van der Waals surface area contributed by atoms with Crippen molar-refractivity contribution in [2.45, 2.75) is 19.8 Å². The van der Waals surface area contributed by atoms with Crippen LogP contribution in [0.15, 0.2) is 42.6 Å². The number of para-hydroxylation sites is 1. The summed E-state index contributed by atoms with van der Waals surface area (Å²) in [5, 5.41) is 1.55. The van der Waals surface area contributed by atoms with Gasteiger partial charge >= 0.3 is 6.03 Å².